The predicted molar refractivity (Wildman–Crippen MR) is 278 cm³/mol. The Morgan fingerprint density at radius 3 is 1.76 bits per heavy atom. The summed E-state index contributed by atoms with van der Waals surface area (Å²) in [7, 11) is 2.67. The minimum absolute atomic E-state index is 0.0562. The normalized spacial score (nSPS) is 27.9. The third-order valence-corrected chi connectivity index (χ3v) is 17.6. The van der Waals surface area contributed by atoms with Crippen molar-refractivity contribution in [2.45, 2.75) is 167 Å². The van der Waals surface area contributed by atoms with Gasteiger partial charge in [0.15, 0.2) is 0 Å². The number of nitrogens with one attached hydrogen (secondary N) is 4. The second-order valence-electron chi connectivity index (χ2n) is 22.6. The van der Waals surface area contributed by atoms with E-state index >= 15 is 0 Å². The van der Waals surface area contributed by atoms with Crippen LogP contribution in [0.15, 0.2) is 72.1 Å². The molecule has 4 N–H and O–H groups in total. The first-order chi connectivity index (χ1) is 34.9. The summed E-state index contributed by atoms with van der Waals surface area (Å²) >= 11 is 0. The molecule has 4 bridgehead atoms. The maximum Gasteiger partial charge on any atom is 0.407 e. The van der Waals surface area contributed by atoms with Crippen molar-refractivity contribution >= 4 is 35.1 Å². The first kappa shape index (κ1) is 49.6. The number of nitrogens with zero attached hydrogens (tertiary/aromatic N) is 4. The zero-order chi connectivity index (χ0) is 50.2. The maximum atomic E-state index is 14.6. The van der Waals surface area contributed by atoms with Crippen molar-refractivity contribution < 1.29 is 28.7 Å². The topological polar surface area (TPSA) is 175 Å². The van der Waals surface area contributed by atoms with Gasteiger partial charge in [-0.25, -0.2) is 19.6 Å². The predicted octanol–water partition coefficient (Wildman–Crippen LogP) is 11.2. The summed E-state index contributed by atoms with van der Waals surface area (Å²) in [5.41, 5.74) is 9.64. The van der Waals surface area contributed by atoms with Crippen molar-refractivity contribution in [3.05, 3.63) is 95.0 Å². The van der Waals surface area contributed by atoms with Crippen LogP contribution in [0.25, 0.3) is 22.4 Å². The number of hydrogen-bond acceptors (Lipinski definition) is 8. The monoisotopic (exact) mass is 981 g/mol. The number of carbonyl (C=O) groups is 4. The Morgan fingerprint density at radius 2 is 1.22 bits per heavy atom. The summed E-state index contributed by atoms with van der Waals surface area (Å²) in [5, 5.41) is 5.69. The Labute approximate surface area is 425 Å². The van der Waals surface area contributed by atoms with Gasteiger partial charge in [0.05, 0.1) is 50.1 Å². The summed E-state index contributed by atoms with van der Waals surface area (Å²) in [4.78, 5) is 75.6. The van der Waals surface area contributed by atoms with Gasteiger partial charge < -0.3 is 39.9 Å². The summed E-state index contributed by atoms with van der Waals surface area (Å²) in [5.74, 6) is 2.85. The molecular weight excluding hydrogens is 905 g/mol. The molecule has 72 heavy (non-hydrogen) atoms. The van der Waals surface area contributed by atoms with Gasteiger partial charge in [-0.1, -0.05) is 108 Å². The molecule has 8 aliphatic carbocycles. The Morgan fingerprint density at radius 1 is 0.681 bits per heavy atom. The molecule has 4 unspecified atom stereocenters. The van der Waals surface area contributed by atoms with E-state index in [2.05, 4.69) is 74.1 Å². The van der Waals surface area contributed by atoms with E-state index in [1.54, 1.807) is 0 Å². The molecule has 1 aromatic carbocycles. The van der Waals surface area contributed by atoms with Crippen LogP contribution in [-0.2, 0) is 19.1 Å². The highest BCUT2D eigenvalue weighted by atomic mass is 16.5. The van der Waals surface area contributed by atoms with Gasteiger partial charge >= 0.3 is 12.2 Å². The van der Waals surface area contributed by atoms with Crippen molar-refractivity contribution in [1.82, 2.24) is 40.4 Å². The molecule has 4 amide bonds. The van der Waals surface area contributed by atoms with E-state index in [0.717, 1.165) is 125 Å². The number of benzene rings is 1. The molecule has 13 rings (SSSR count). The smallest absolute Gasteiger partial charge is 0.407 e. The molecule has 0 spiro atoms. The molecule has 4 heterocycles. The number of likely N-dealkylation sites (tertiary alicyclic amines) is 2. The molecule has 10 aliphatic rings. The van der Waals surface area contributed by atoms with Crippen molar-refractivity contribution in [3.63, 3.8) is 0 Å². The number of ether oxygens (including phenoxy) is 2. The number of rotatable bonds is 11. The molecule has 3 aromatic rings. The van der Waals surface area contributed by atoms with E-state index in [4.69, 9.17) is 19.4 Å². The van der Waals surface area contributed by atoms with Gasteiger partial charge in [0.25, 0.3) is 0 Å². The van der Waals surface area contributed by atoms with Crippen LogP contribution in [0.4, 0.5) is 9.59 Å². The highest BCUT2D eigenvalue weighted by Crippen LogP contribution is 2.50. The number of alkyl carbamates (subject to hydrolysis) is 2. The number of amides is 4. The quantitative estimate of drug-likeness (QED) is 0.147. The lowest BCUT2D eigenvalue weighted by Gasteiger charge is -2.36. The van der Waals surface area contributed by atoms with Gasteiger partial charge in [0.2, 0.25) is 11.8 Å². The lowest BCUT2D eigenvalue weighted by molar-refractivity contribution is -0.139. The Hall–Kier alpha value is -5.92. The Bertz CT molecular complexity index is 2620. The van der Waals surface area contributed by atoms with Gasteiger partial charge in [0, 0.05) is 12.1 Å². The number of carbonyl (C=O) groups excluding carboxylic acids is 4. The molecule has 2 saturated carbocycles. The third-order valence-electron chi connectivity index (χ3n) is 17.6. The number of aromatic nitrogens is 4. The molecular formula is C58H76N8O6. The fourth-order valence-electron chi connectivity index (χ4n) is 13.7. The average molecular weight is 981 g/mol. The molecule has 2 aromatic heterocycles. The number of methoxy groups -OCH3 is 2. The van der Waals surface area contributed by atoms with E-state index in [-0.39, 0.29) is 53.7 Å². The third kappa shape index (κ3) is 9.95. The highest BCUT2D eigenvalue weighted by Gasteiger charge is 2.50. The lowest BCUT2D eigenvalue weighted by atomic mass is 9.74. The number of allylic oxidation sites excluding steroid dienone is 8. The van der Waals surface area contributed by atoms with Gasteiger partial charge in [0.1, 0.15) is 23.7 Å². The van der Waals surface area contributed by atoms with Gasteiger partial charge in [-0.05, 0) is 140 Å². The molecule has 2 saturated heterocycles. The number of hydrogen-bond donors (Lipinski definition) is 4. The molecule has 14 nitrogen and oxygen atoms in total. The van der Waals surface area contributed by atoms with Crippen molar-refractivity contribution in [1.29, 1.82) is 0 Å². The van der Waals surface area contributed by atoms with Crippen molar-refractivity contribution in [2.75, 3.05) is 14.2 Å². The standard InChI is InChI=1S/C58H76N8O6/c1-33(2)51(63-57(69)71-5)55(67)65-47-13-9-7-11-41(47)29-49(65)53-59-31-45(61-53)38-25-23-37(24-26-38)43-27-40-22-20-36-17-15-35(16-18-36)19-21-39(43)28-44(40)46-32-60-54(62-46)50-30-42-12-8-10-14-48(42)66(50)56(68)52(34(3)4)64-58(70)72-6/h15-17,23-26,28,31-34,36,40-42,47-52H,7-14,18-22,27,29-30H2,1-6H3,(H,59,61)(H,60,62)(H,63,69)(H,64,70)/t36-,40+,41?,42?,47?,48?,49+,50+,51+,52+/m1/s1. The second kappa shape index (κ2) is 21.3. The lowest BCUT2D eigenvalue weighted by Crippen LogP contribution is -2.53. The minimum atomic E-state index is -0.693. The van der Waals surface area contributed by atoms with Gasteiger partial charge in [-0.3, -0.25) is 9.59 Å². The van der Waals surface area contributed by atoms with Gasteiger partial charge in [-0.2, -0.15) is 0 Å². The van der Waals surface area contributed by atoms with Crippen molar-refractivity contribution in [2.24, 2.45) is 35.5 Å². The maximum absolute atomic E-state index is 14.6. The summed E-state index contributed by atoms with van der Waals surface area (Å²) in [6.07, 6.45) is 28.8. The van der Waals surface area contributed by atoms with Crippen LogP contribution >= 0.6 is 0 Å². The first-order valence-electron chi connectivity index (χ1n) is 27.2. The van der Waals surface area contributed by atoms with Gasteiger partial charge in [-0.15, -0.1) is 0 Å². The minimum Gasteiger partial charge on any atom is -0.453 e. The summed E-state index contributed by atoms with van der Waals surface area (Å²) < 4.78 is 9.89. The van der Waals surface area contributed by atoms with E-state index in [9.17, 15) is 19.2 Å². The zero-order valence-corrected chi connectivity index (χ0v) is 43.3. The Balaban J connectivity index is 0.941. The fourth-order valence-corrected chi connectivity index (χ4v) is 13.7. The molecule has 4 fully saturated rings. The SMILES string of the molecule is COC(=O)N[C@H](C(=O)N1C2CCCCC2C[C@H]1c1ncc(C2=CC3=C(c4ccc(-c5cnc([C@@H]6CC7CCCCC7N6C(=O)[C@@H](NC(=O)OC)C(C)C)[nH]5)cc4)C[C@@H]2CC[C@@H]2C=CC(=CC2)CC3)[nH]1)C(C)C. The number of imidazole rings is 2. The van der Waals surface area contributed by atoms with E-state index in [1.807, 2.05) is 45.0 Å². The van der Waals surface area contributed by atoms with Crippen LogP contribution in [0.3, 0.4) is 0 Å². The van der Waals surface area contributed by atoms with E-state index in [1.165, 1.54) is 48.5 Å². The summed E-state index contributed by atoms with van der Waals surface area (Å²) in [6.45, 7) is 7.87. The number of H-pyrrole nitrogens is 2. The van der Waals surface area contributed by atoms with Crippen molar-refractivity contribution in [3.8, 4) is 11.3 Å². The van der Waals surface area contributed by atoms with Crippen LogP contribution < -0.4 is 10.6 Å². The highest BCUT2D eigenvalue weighted by molar-refractivity contribution is 5.88. The average Bonchev–Trinajstić information content (AvgIpc) is 4.22. The van der Waals surface area contributed by atoms with Crippen LogP contribution in [-0.4, -0.2) is 92.1 Å². The second-order valence-corrected chi connectivity index (χ2v) is 22.6. The molecule has 10 atom stereocenters. The van der Waals surface area contributed by atoms with E-state index < -0.39 is 24.3 Å². The van der Waals surface area contributed by atoms with Crippen LogP contribution in [0, 0.1) is 35.5 Å². The number of fused-ring (bicyclic) bond motifs is 2. The summed E-state index contributed by atoms with van der Waals surface area (Å²) in [6, 6.07) is 7.38. The first-order valence-corrected chi connectivity index (χ1v) is 27.2. The molecule has 2 aliphatic heterocycles. The largest absolute Gasteiger partial charge is 0.453 e. The van der Waals surface area contributed by atoms with Crippen LogP contribution in [0.5, 0.6) is 0 Å². The van der Waals surface area contributed by atoms with Crippen LogP contribution in [0.2, 0.25) is 0 Å². The molecule has 0 radical (unpaired) electrons. The number of aromatic amines is 2. The Kier molecular flexibility index (Phi) is 14.7. The van der Waals surface area contributed by atoms with E-state index in [0.29, 0.717) is 17.8 Å². The van der Waals surface area contributed by atoms with Crippen LogP contribution in [0.1, 0.15) is 165 Å². The molecule has 14 heteroatoms. The molecule has 384 valence electrons. The zero-order valence-electron chi connectivity index (χ0n) is 43.3. The fraction of sp³-hybridized carbons (Fsp3) is 0.586.